The highest BCUT2D eigenvalue weighted by Gasteiger charge is 2.24. The second-order valence-corrected chi connectivity index (χ2v) is 9.65. The predicted molar refractivity (Wildman–Crippen MR) is 138 cm³/mol. The lowest BCUT2D eigenvalue weighted by atomic mass is 9.92. The van der Waals surface area contributed by atoms with Crippen LogP contribution in [0.15, 0.2) is 48.5 Å². The van der Waals surface area contributed by atoms with Crippen molar-refractivity contribution in [3.05, 3.63) is 88.8 Å². The number of ether oxygens (including phenoxy) is 1. The van der Waals surface area contributed by atoms with E-state index in [1.54, 1.807) is 25.1 Å². The monoisotopic (exact) mass is 514 g/mol. The summed E-state index contributed by atoms with van der Waals surface area (Å²) in [6.45, 7) is 4.62. The maximum atomic E-state index is 15.0. The molecule has 2 atom stereocenters. The fourth-order valence-electron chi connectivity index (χ4n) is 5.04. The maximum Gasteiger partial charge on any atom is 0.167 e. The molecular weight excluding hydrogens is 483 g/mol. The largest absolute Gasteiger partial charge is 0.378 e. The Balaban J connectivity index is 1.53. The fourth-order valence-corrected chi connectivity index (χ4v) is 5.04. The molecule has 0 N–H and O–H groups in total. The Labute approximate surface area is 215 Å². The molecule has 3 aromatic carbocycles. The third-order valence-corrected chi connectivity index (χ3v) is 7.07. The minimum atomic E-state index is -1.36. The Hall–Kier alpha value is -2.99. The highest BCUT2D eigenvalue weighted by molar-refractivity contribution is 5.73. The van der Waals surface area contributed by atoms with Gasteiger partial charge in [0.15, 0.2) is 23.3 Å². The van der Waals surface area contributed by atoms with Crippen molar-refractivity contribution in [1.82, 2.24) is 0 Å². The van der Waals surface area contributed by atoms with Gasteiger partial charge in [0.05, 0.1) is 6.10 Å². The van der Waals surface area contributed by atoms with E-state index in [-0.39, 0.29) is 34.8 Å². The minimum Gasteiger partial charge on any atom is -0.378 e. The topological polar surface area (TPSA) is 9.23 Å². The van der Waals surface area contributed by atoms with Gasteiger partial charge in [0.1, 0.15) is 5.82 Å². The minimum absolute atomic E-state index is 0.00165. The number of benzene rings is 3. The molecule has 37 heavy (non-hydrogen) atoms. The summed E-state index contributed by atoms with van der Waals surface area (Å²) in [5.74, 6) is -5.16. The van der Waals surface area contributed by atoms with Gasteiger partial charge in [0, 0.05) is 28.9 Å². The van der Waals surface area contributed by atoms with Crippen molar-refractivity contribution in [2.45, 2.75) is 58.5 Å². The first-order valence-electron chi connectivity index (χ1n) is 12.8. The summed E-state index contributed by atoms with van der Waals surface area (Å²) in [5.41, 5.74) is -0.478. The fraction of sp³-hybridized carbons (Fsp3) is 0.355. The van der Waals surface area contributed by atoms with Crippen molar-refractivity contribution >= 4 is 6.08 Å². The highest BCUT2D eigenvalue weighted by Crippen LogP contribution is 2.35. The second kappa shape index (κ2) is 12.0. The van der Waals surface area contributed by atoms with Crippen molar-refractivity contribution in [2.24, 2.45) is 5.92 Å². The normalized spacial score (nSPS) is 18.0. The second-order valence-electron chi connectivity index (χ2n) is 9.65. The Kier molecular flexibility index (Phi) is 8.80. The third-order valence-electron chi connectivity index (χ3n) is 7.07. The van der Waals surface area contributed by atoms with E-state index < -0.39 is 34.6 Å². The summed E-state index contributed by atoms with van der Waals surface area (Å²) in [6.07, 6.45) is 8.46. The van der Waals surface area contributed by atoms with Crippen LogP contribution in [0, 0.1) is 35.0 Å². The molecule has 1 nitrogen and oxygen atoms in total. The van der Waals surface area contributed by atoms with E-state index in [9.17, 15) is 13.2 Å². The van der Waals surface area contributed by atoms with Gasteiger partial charge in [0.2, 0.25) is 0 Å². The number of hydrogen-bond acceptors (Lipinski definition) is 1. The molecule has 196 valence electrons. The number of allylic oxidation sites excluding steroid dienone is 1. The van der Waals surface area contributed by atoms with Gasteiger partial charge < -0.3 is 4.74 Å². The van der Waals surface area contributed by atoms with Crippen molar-refractivity contribution < 1.29 is 26.7 Å². The van der Waals surface area contributed by atoms with Gasteiger partial charge in [-0.3, -0.25) is 0 Å². The van der Waals surface area contributed by atoms with Crippen LogP contribution in [0.3, 0.4) is 0 Å². The van der Waals surface area contributed by atoms with E-state index in [2.05, 4.69) is 6.92 Å². The number of hydrogen-bond donors (Lipinski definition) is 0. The molecule has 0 radical (unpaired) electrons. The molecule has 0 saturated carbocycles. The maximum absolute atomic E-state index is 15.0. The Morgan fingerprint density at radius 3 is 2.00 bits per heavy atom. The van der Waals surface area contributed by atoms with Crippen molar-refractivity contribution in [3.63, 3.8) is 0 Å². The molecule has 2 unspecified atom stereocenters. The first-order chi connectivity index (χ1) is 17.8. The lowest BCUT2D eigenvalue weighted by Gasteiger charge is -2.29. The van der Waals surface area contributed by atoms with Crippen molar-refractivity contribution in [3.8, 4) is 22.3 Å². The van der Waals surface area contributed by atoms with Gasteiger partial charge in [-0.1, -0.05) is 61.9 Å². The third kappa shape index (κ3) is 5.96. The zero-order chi connectivity index (χ0) is 26.5. The van der Waals surface area contributed by atoms with Gasteiger partial charge in [-0.2, -0.15) is 0 Å². The molecule has 1 aliphatic rings. The zero-order valence-corrected chi connectivity index (χ0v) is 21.1. The molecule has 0 bridgehead atoms. The Morgan fingerprint density at radius 2 is 1.41 bits per heavy atom. The van der Waals surface area contributed by atoms with Crippen LogP contribution < -0.4 is 0 Å². The summed E-state index contributed by atoms with van der Waals surface area (Å²) < 4.78 is 80.4. The highest BCUT2D eigenvalue weighted by atomic mass is 19.2. The quantitative estimate of drug-likeness (QED) is 0.272. The van der Waals surface area contributed by atoms with E-state index in [4.69, 9.17) is 4.74 Å². The first-order valence-corrected chi connectivity index (χ1v) is 12.8. The first kappa shape index (κ1) is 27.1. The lowest BCUT2D eigenvalue weighted by Crippen LogP contribution is -2.26. The summed E-state index contributed by atoms with van der Waals surface area (Å²) in [6, 6.07) is 9.15. The van der Waals surface area contributed by atoms with E-state index in [0.717, 1.165) is 31.7 Å². The molecule has 4 rings (SSSR count). The smallest absolute Gasteiger partial charge is 0.167 e. The molecule has 3 aromatic rings. The number of halogens is 5. The van der Waals surface area contributed by atoms with E-state index >= 15 is 8.78 Å². The van der Waals surface area contributed by atoms with Crippen LogP contribution in [0.4, 0.5) is 22.0 Å². The number of aryl methyl sites for hydroxylation is 1. The lowest BCUT2D eigenvalue weighted by molar-refractivity contribution is -0.0216. The average Bonchev–Trinajstić information content (AvgIpc) is 2.89. The van der Waals surface area contributed by atoms with Crippen LogP contribution in [-0.2, 0) is 11.2 Å². The van der Waals surface area contributed by atoms with Gasteiger partial charge >= 0.3 is 0 Å². The van der Waals surface area contributed by atoms with Crippen LogP contribution in [0.2, 0.25) is 0 Å². The van der Waals surface area contributed by atoms with Crippen molar-refractivity contribution in [2.75, 3.05) is 6.61 Å². The Morgan fingerprint density at radius 1 is 0.784 bits per heavy atom. The molecule has 6 heteroatoms. The summed E-state index contributed by atoms with van der Waals surface area (Å²) >= 11 is 0. The van der Waals surface area contributed by atoms with E-state index in [1.165, 1.54) is 30.3 Å². The van der Waals surface area contributed by atoms with Crippen molar-refractivity contribution in [1.29, 1.82) is 0 Å². The molecule has 0 aromatic heterocycles. The van der Waals surface area contributed by atoms with Crippen LogP contribution in [0.25, 0.3) is 28.3 Å². The molecule has 1 aliphatic heterocycles. The average molecular weight is 515 g/mol. The van der Waals surface area contributed by atoms with Crippen LogP contribution in [0.5, 0.6) is 0 Å². The van der Waals surface area contributed by atoms with Crippen LogP contribution >= 0.6 is 0 Å². The van der Waals surface area contributed by atoms with E-state index in [0.29, 0.717) is 24.5 Å². The SMILES string of the molecule is C/C=C/c1ccc(-c2ccc(-c3ccc(CCC4CCC(CCC)CO4)c(F)c3F)c(F)c2F)c(F)c1. The van der Waals surface area contributed by atoms with Gasteiger partial charge in [-0.25, -0.2) is 22.0 Å². The molecule has 1 saturated heterocycles. The molecule has 0 aliphatic carbocycles. The summed E-state index contributed by atoms with van der Waals surface area (Å²) in [7, 11) is 0. The Bertz CT molecular complexity index is 1280. The molecular formula is C31H31F5O. The summed E-state index contributed by atoms with van der Waals surface area (Å²) in [4.78, 5) is 0. The van der Waals surface area contributed by atoms with Gasteiger partial charge in [0.25, 0.3) is 0 Å². The standard InChI is InChI=1S/C31H31F5O/c1-3-5-19-8-13-23(27(32)17-19)24-15-16-26(31(36)30(24)35)25-14-10-21(28(33)29(25)34)9-12-22-11-7-20(6-4-2)18-37-22/h3,5,8,10,13-17,20,22H,4,6-7,9,11-12,18H2,1-2H3/b5-3+. The zero-order valence-electron chi connectivity index (χ0n) is 21.1. The van der Waals surface area contributed by atoms with Gasteiger partial charge in [-0.05, 0) is 62.1 Å². The van der Waals surface area contributed by atoms with Crippen LogP contribution in [0.1, 0.15) is 57.1 Å². The molecule has 1 heterocycles. The van der Waals surface area contributed by atoms with E-state index in [1.807, 2.05) is 0 Å². The number of rotatable bonds is 8. The molecule has 0 spiro atoms. The van der Waals surface area contributed by atoms with Crippen LogP contribution in [-0.4, -0.2) is 12.7 Å². The molecule has 0 amide bonds. The summed E-state index contributed by atoms with van der Waals surface area (Å²) in [5, 5.41) is 0. The van der Waals surface area contributed by atoms with Gasteiger partial charge in [-0.15, -0.1) is 0 Å². The molecule has 1 fully saturated rings. The predicted octanol–water partition coefficient (Wildman–Crippen LogP) is 9.28.